The van der Waals surface area contributed by atoms with Gasteiger partial charge in [0.15, 0.2) is 0 Å². The quantitative estimate of drug-likeness (QED) is 0.468. The van der Waals surface area contributed by atoms with Crippen molar-refractivity contribution in [3.8, 4) is 0 Å². The van der Waals surface area contributed by atoms with E-state index < -0.39 is 17.8 Å². The molecule has 3 N–H and O–H groups in total. The van der Waals surface area contributed by atoms with Crippen LogP contribution in [0.4, 0.5) is 0 Å². The van der Waals surface area contributed by atoms with Gasteiger partial charge in [-0.2, -0.15) is 0 Å². The summed E-state index contributed by atoms with van der Waals surface area (Å²) in [6.07, 6.45) is 7.49. The lowest BCUT2D eigenvalue weighted by Crippen LogP contribution is -2.59. The Morgan fingerprint density at radius 2 is 1.62 bits per heavy atom. The Balaban J connectivity index is 1.35. The van der Waals surface area contributed by atoms with Crippen LogP contribution in [0.25, 0.3) is 0 Å². The van der Waals surface area contributed by atoms with Crippen molar-refractivity contribution >= 4 is 0 Å². The van der Waals surface area contributed by atoms with Gasteiger partial charge in [-0.3, -0.25) is 0 Å². The molecule has 0 aromatic rings. The van der Waals surface area contributed by atoms with Crippen LogP contribution in [0.15, 0.2) is 0 Å². The van der Waals surface area contributed by atoms with Gasteiger partial charge in [0, 0.05) is 12.0 Å². The Labute approximate surface area is 225 Å². The zero-order chi connectivity index (χ0) is 27.0. The van der Waals surface area contributed by atoms with Crippen LogP contribution in [-0.2, 0) is 9.47 Å². The Morgan fingerprint density at radius 1 is 0.973 bits per heavy atom. The molecule has 1 aliphatic heterocycles. The smallest absolute Gasteiger partial charge is 0.112 e. The summed E-state index contributed by atoms with van der Waals surface area (Å²) < 4.78 is 12.9. The highest BCUT2D eigenvalue weighted by molar-refractivity contribution is 5.32. The second kappa shape index (κ2) is 7.96. The maximum Gasteiger partial charge on any atom is 0.112 e. The molecular formula is C32H54O5. The molecule has 2 spiro atoms. The van der Waals surface area contributed by atoms with Gasteiger partial charge in [-0.25, -0.2) is 0 Å². The molecule has 1 heterocycles. The summed E-state index contributed by atoms with van der Waals surface area (Å²) in [7, 11) is 0. The SMILES string of the molecule is CCO[C@@H]([C@H]1C[C@@H](C)C2[C@H](O1)[C@H](O)[C@@]1(C)[C@@H]3CC[C@H]4C(C)(C)[C@@H](O)CC[C@@]45C[C@@]35CC[C@]21C)C(C)(C)O. The van der Waals surface area contributed by atoms with E-state index in [9.17, 15) is 15.3 Å². The highest BCUT2D eigenvalue weighted by atomic mass is 16.6. The first kappa shape index (κ1) is 27.0. The van der Waals surface area contributed by atoms with Crippen LogP contribution >= 0.6 is 0 Å². The summed E-state index contributed by atoms with van der Waals surface area (Å²) in [6.45, 7) is 18.0. The van der Waals surface area contributed by atoms with Gasteiger partial charge in [-0.05, 0) is 117 Å². The average Bonchev–Trinajstić information content (AvgIpc) is 3.44. The minimum Gasteiger partial charge on any atom is -0.393 e. The van der Waals surface area contributed by atoms with Gasteiger partial charge in [-0.15, -0.1) is 0 Å². The van der Waals surface area contributed by atoms with Crippen LogP contribution < -0.4 is 0 Å². The van der Waals surface area contributed by atoms with Crippen molar-refractivity contribution in [3.63, 3.8) is 0 Å². The third kappa shape index (κ3) is 3.10. The molecule has 6 aliphatic rings. The minimum absolute atomic E-state index is 0.0209. The summed E-state index contributed by atoms with van der Waals surface area (Å²) in [6, 6.07) is 0. The summed E-state index contributed by atoms with van der Waals surface area (Å²) in [5, 5.41) is 34.2. The lowest BCUT2D eigenvalue weighted by Gasteiger charge is -2.63. The maximum absolute atomic E-state index is 12.3. The molecule has 5 aliphatic carbocycles. The van der Waals surface area contributed by atoms with Crippen molar-refractivity contribution in [2.75, 3.05) is 6.61 Å². The van der Waals surface area contributed by atoms with Gasteiger partial charge in [0.2, 0.25) is 0 Å². The Bertz CT molecular complexity index is 927. The third-order valence-corrected chi connectivity index (χ3v) is 14.2. The van der Waals surface area contributed by atoms with Crippen LogP contribution in [0.2, 0.25) is 0 Å². The highest BCUT2D eigenvalue weighted by Gasteiger charge is 2.84. The number of hydrogen-bond donors (Lipinski definition) is 3. The van der Waals surface area contributed by atoms with Crippen molar-refractivity contribution in [3.05, 3.63) is 0 Å². The highest BCUT2D eigenvalue weighted by Crippen LogP contribution is 2.89. The molecule has 13 atom stereocenters. The number of hydrogen-bond acceptors (Lipinski definition) is 5. The lowest BCUT2D eigenvalue weighted by molar-refractivity contribution is -0.215. The normalized spacial score (nSPS) is 56.8. The fourth-order valence-corrected chi connectivity index (χ4v) is 12.5. The monoisotopic (exact) mass is 518 g/mol. The molecule has 1 unspecified atom stereocenters. The lowest BCUT2D eigenvalue weighted by atomic mass is 9.41. The van der Waals surface area contributed by atoms with Gasteiger partial charge in [-0.1, -0.05) is 34.6 Å². The second-order valence-electron chi connectivity index (χ2n) is 16.1. The predicted octanol–water partition coefficient (Wildman–Crippen LogP) is 5.34. The largest absolute Gasteiger partial charge is 0.393 e. The maximum atomic E-state index is 12.3. The van der Waals surface area contributed by atoms with E-state index in [0.29, 0.717) is 41.1 Å². The first-order valence-electron chi connectivity index (χ1n) is 15.5. The second-order valence-corrected chi connectivity index (χ2v) is 16.1. The van der Waals surface area contributed by atoms with Crippen molar-refractivity contribution in [2.45, 2.75) is 143 Å². The molecule has 6 fully saturated rings. The molecule has 6 rings (SSSR count). The molecular weight excluding hydrogens is 464 g/mol. The van der Waals surface area contributed by atoms with E-state index in [1.54, 1.807) is 0 Å². The number of rotatable bonds is 4. The molecule has 0 aromatic carbocycles. The minimum atomic E-state index is -1.00. The fraction of sp³-hybridized carbons (Fsp3) is 1.00. The van der Waals surface area contributed by atoms with Gasteiger partial charge in [0.05, 0.1) is 30.0 Å². The number of ether oxygens (including phenoxy) is 2. The summed E-state index contributed by atoms with van der Waals surface area (Å²) in [5.41, 5.74) is -0.501. The topological polar surface area (TPSA) is 79.2 Å². The van der Waals surface area contributed by atoms with Crippen LogP contribution in [0.5, 0.6) is 0 Å². The molecule has 0 bridgehead atoms. The van der Waals surface area contributed by atoms with E-state index in [4.69, 9.17) is 9.47 Å². The summed E-state index contributed by atoms with van der Waals surface area (Å²) in [5.74, 6) is 1.82. The van der Waals surface area contributed by atoms with Crippen molar-refractivity contribution in [1.29, 1.82) is 0 Å². The molecule has 5 nitrogen and oxygen atoms in total. The van der Waals surface area contributed by atoms with Crippen molar-refractivity contribution < 1.29 is 24.8 Å². The predicted molar refractivity (Wildman–Crippen MR) is 144 cm³/mol. The van der Waals surface area contributed by atoms with E-state index in [2.05, 4.69) is 34.6 Å². The molecule has 5 saturated carbocycles. The van der Waals surface area contributed by atoms with Crippen LogP contribution in [0, 0.1) is 50.7 Å². The Morgan fingerprint density at radius 3 is 2.27 bits per heavy atom. The van der Waals surface area contributed by atoms with Crippen molar-refractivity contribution in [2.24, 2.45) is 50.7 Å². The first-order valence-corrected chi connectivity index (χ1v) is 15.5. The average molecular weight is 519 g/mol. The number of aliphatic hydroxyl groups excluding tert-OH is 2. The van der Waals surface area contributed by atoms with E-state index in [1.807, 2.05) is 20.8 Å². The van der Waals surface area contributed by atoms with Gasteiger partial charge in [0.1, 0.15) is 6.10 Å². The first-order chi connectivity index (χ1) is 17.1. The molecule has 0 aromatic heterocycles. The van der Waals surface area contributed by atoms with E-state index >= 15 is 0 Å². The number of fused-ring (bicyclic) bond motifs is 4. The van der Waals surface area contributed by atoms with Crippen LogP contribution in [-0.4, -0.2) is 58.0 Å². The van der Waals surface area contributed by atoms with Gasteiger partial charge < -0.3 is 24.8 Å². The zero-order valence-corrected chi connectivity index (χ0v) is 24.7. The summed E-state index contributed by atoms with van der Waals surface area (Å²) >= 11 is 0. The van der Waals surface area contributed by atoms with E-state index in [1.165, 1.54) is 19.3 Å². The Kier molecular flexibility index (Phi) is 5.81. The third-order valence-electron chi connectivity index (χ3n) is 14.2. The molecule has 1 saturated heterocycles. The molecule has 0 radical (unpaired) electrons. The van der Waals surface area contributed by atoms with Crippen molar-refractivity contribution in [1.82, 2.24) is 0 Å². The molecule has 212 valence electrons. The fourth-order valence-electron chi connectivity index (χ4n) is 12.5. The van der Waals surface area contributed by atoms with Gasteiger partial charge in [0.25, 0.3) is 0 Å². The molecule has 0 amide bonds. The van der Waals surface area contributed by atoms with E-state index in [0.717, 1.165) is 32.1 Å². The summed E-state index contributed by atoms with van der Waals surface area (Å²) in [4.78, 5) is 0. The standard InChI is InChI=1S/C32H54O5/c1-9-36-26(28(5,6)35)19-16-18(2)23-24(37-19)25(34)30(8)21-11-10-20-27(3,4)22(33)12-13-31(20)17-32(21,31)15-14-29(23,30)7/h18-26,33-35H,9-17H2,1-8H3/t18-,19-,20+,21+,22+,23?,24+,25+,26+,29-,30-,31-,32+/m1/s1. The zero-order valence-electron chi connectivity index (χ0n) is 24.7. The van der Waals surface area contributed by atoms with Gasteiger partial charge >= 0.3 is 0 Å². The van der Waals surface area contributed by atoms with Crippen LogP contribution in [0.3, 0.4) is 0 Å². The number of aliphatic hydroxyl groups is 3. The molecule has 37 heavy (non-hydrogen) atoms. The van der Waals surface area contributed by atoms with E-state index in [-0.39, 0.29) is 34.6 Å². The Hall–Kier alpha value is -0.200. The molecule has 5 heteroatoms. The van der Waals surface area contributed by atoms with Crippen LogP contribution in [0.1, 0.15) is 107 Å².